The molecule has 1 aromatic heterocycles. The minimum absolute atomic E-state index is 0.0233. The van der Waals surface area contributed by atoms with Crippen LogP contribution in [0.1, 0.15) is 11.7 Å². The first-order chi connectivity index (χ1) is 7.81. The second-order valence-electron chi connectivity index (χ2n) is 3.89. The van der Waals surface area contributed by atoms with E-state index in [2.05, 4.69) is 31.1 Å². The monoisotopic (exact) mass is 285 g/mol. The van der Waals surface area contributed by atoms with Gasteiger partial charge in [0.25, 0.3) is 0 Å². The molecule has 5 heteroatoms. The molecule has 0 aliphatic carbocycles. The molecule has 1 aliphatic heterocycles. The molecular formula is C11H16BrN3O. The van der Waals surface area contributed by atoms with Gasteiger partial charge < -0.3 is 10.4 Å². The van der Waals surface area contributed by atoms with Gasteiger partial charge in [0.05, 0.1) is 18.3 Å². The van der Waals surface area contributed by atoms with Crippen molar-refractivity contribution in [2.24, 2.45) is 0 Å². The summed E-state index contributed by atoms with van der Waals surface area (Å²) in [4.78, 5) is 6.63. The fourth-order valence-corrected chi connectivity index (χ4v) is 2.21. The van der Waals surface area contributed by atoms with Gasteiger partial charge in [-0.1, -0.05) is 0 Å². The Morgan fingerprint density at radius 2 is 2.19 bits per heavy atom. The van der Waals surface area contributed by atoms with E-state index in [1.165, 1.54) is 0 Å². The van der Waals surface area contributed by atoms with Crippen molar-refractivity contribution in [1.82, 2.24) is 15.2 Å². The number of aliphatic hydroxyl groups is 1. The lowest BCUT2D eigenvalue weighted by atomic mass is 10.1. The summed E-state index contributed by atoms with van der Waals surface area (Å²) in [7, 11) is 0. The van der Waals surface area contributed by atoms with Gasteiger partial charge in [-0.25, -0.2) is 0 Å². The van der Waals surface area contributed by atoms with E-state index in [1.54, 1.807) is 6.20 Å². The Bertz CT molecular complexity index is 325. The first-order valence-electron chi connectivity index (χ1n) is 5.48. The highest BCUT2D eigenvalue weighted by Gasteiger charge is 2.22. The average Bonchev–Trinajstić information content (AvgIpc) is 2.34. The second kappa shape index (κ2) is 5.72. The van der Waals surface area contributed by atoms with E-state index < -0.39 is 0 Å². The van der Waals surface area contributed by atoms with E-state index in [9.17, 15) is 5.11 Å². The fourth-order valence-electron chi connectivity index (χ4n) is 1.97. The van der Waals surface area contributed by atoms with Gasteiger partial charge in [-0.05, 0) is 28.1 Å². The van der Waals surface area contributed by atoms with Crippen LogP contribution in [-0.2, 0) is 0 Å². The van der Waals surface area contributed by atoms with Crippen molar-refractivity contribution < 1.29 is 5.11 Å². The highest BCUT2D eigenvalue weighted by molar-refractivity contribution is 9.10. The Morgan fingerprint density at radius 1 is 1.44 bits per heavy atom. The smallest absolute Gasteiger partial charge is 0.0755 e. The van der Waals surface area contributed by atoms with Gasteiger partial charge in [-0.2, -0.15) is 0 Å². The predicted octanol–water partition coefficient (Wildman–Crippen LogP) is 0.783. The van der Waals surface area contributed by atoms with Crippen molar-refractivity contribution in [3.8, 4) is 0 Å². The molecule has 0 aromatic carbocycles. The predicted molar refractivity (Wildman–Crippen MR) is 66.2 cm³/mol. The number of halogens is 1. The molecule has 4 nitrogen and oxygen atoms in total. The first-order valence-corrected chi connectivity index (χ1v) is 6.27. The molecule has 2 N–H and O–H groups in total. The van der Waals surface area contributed by atoms with Crippen LogP contribution < -0.4 is 5.32 Å². The average molecular weight is 286 g/mol. The third kappa shape index (κ3) is 2.79. The topological polar surface area (TPSA) is 48.4 Å². The zero-order valence-electron chi connectivity index (χ0n) is 9.06. The van der Waals surface area contributed by atoms with E-state index in [0.29, 0.717) is 0 Å². The zero-order chi connectivity index (χ0) is 11.4. The van der Waals surface area contributed by atoms with E-state index >= 15 is 0 Å². The van der Waals surface area contributed by atoms with Crippen molar-refractivity contribution in [2.75, 3.05) is 32.8 Å². The van der Waals surface area contributed by atoms with Crippen molar-refractivity contribution in [3.63, 3.8) is 0 Å². The normalized spacial score (nSPS) is 19.6. The maximum absolute atomic E-state index is 9.49. The quantitative estimate of drug-likeness (QED) is 0.862. The molecule has 1 aliphatic rings. The number of piperazine rings is 1. The Labute approximate surface area is 104 Å². The van der Waals surface area contributed by atoms with Crippen molar-refractivity contribution in [3.05, 3.63) is 28.5 Å². The molecule has 0 amide bonds. The van der Waals surface area contributed by atoms with Crippen molar-refractivity contribution >= 4 is 15.9 Å². The second-order valence-corrected chi connectivity index (χ2v) is 4.80. The SMILES string of the molecule is OCC(c1ccc(Br)cn1)N1CCNCC1. The van der Waals surface area contributed by atoms with Crippen LogP contribution in [0.2, 0.25) is 0 Å². The van der Waals surface area contributed by atoms with Crippen molar-refractivity contribution in [2.45, 2.75) is 6.04 Å². The molecule has 0 saturated carbocycles. The van der Waals surface area contributed by atoms with E-state index in [1.807, 2.05) is 12.1 Å². The van der Waals surface area contributed by atoms with Crippen LogP contribution in [0, 0.1) is 0 Å². The largest absolute Gasteiger partial charge is 0.394 e. The lowest BCUT2D eigenvalue weighted by Gasteiger charge is -2.33. The van der Waals surface area contributed by atoms with Crippen molar-refractivity contribution in [1.29, 1.82) is 0 Å². The standard InChI is InChI=1S/C11H16BrN3O/c12-9-1-2-10(14-7-9)11(8-16)15-5-3-13-4-6-15/h1-2,7,11,13,16H,3-6,8H2. The third-order valence-electron chi connectivity index (χ3n) is 2.86. The summed E-state index contributed by atoms with van der Waals surface area (Å²) >= 11 is 3.36. The number of hydrogen-bond donors (Lipinski definition) is 2. The molecular weight excluding hydrogens is 270 g/mol. The summed E-state index contributed by atoms with van der Waals surface area (Å²) in [5, 5.41) is 12.8. The molecule has 16 heavy (non-hydrogen) atoms. The van der Waals surface area contributed by atoms with Gasteiger partial charge in [0.1, 0.15) is 0 Å². The molecule has 1 unspecified atom stereocenters. The Morgan fingerprint density at radius 3 is 2.75 bits per heavy atom. The molecule has 0 bridgehead atoms. The number of nitrogens with one attached hydrogen (secondary N) is 1. The minimum atomic E-state index is 0.0233. The van der Waals surface area contributed by atoms with E-state index in [-0.39, 0.29) is 12.6 Å². The molecule has 0 radical (unpaired) electrons. The first kappa shape index (κ1) is 12.0. The van der Waals surface area contributed by atoms with Crippen LogP contribution in [0.3, 0.4) is 0 Å². The van der Waals surface area contributed by atoms with Crippen LogP contribution in [0.5, 0.6) is 0 Å². The molecule has 1 fully saturated rings. The molecule has 0 spiro atoms. The van der Waals surface area contributed by atoms with Crippen LogP contribution in [0.4, 0.5) is 0 Å². The number of aromatic nitrogens is 1. The van der Waals surface area contributed by atoms with Gasteiger partial charge in [-0.15, -0.1) is 0 Å². The number of hydrogen-bond acceptors (Lipinski definition) is 4. The number of aliphatic hydroxyl groups excluding tert-OH is 1. The molecule has 1 atom stereocenters. The van der Waals surface area contributed by atoms with Crippen LogP contribution in [0.25, 0.3) is 0 Å². The lowest BCUT2D eigenvalue weighted by Crippen LogP contribution is -2.46. The van der Waals surface area contributed by atoms with Gasteiger partial charge in [0, 0.05) is 36.8 Å². The molecule has 1 saturated heterocycles. The van der Waals surface area contributed by atoms with Gasteiger partial charge in [-0.3, -0.25) is 9.88 Å². The number of rotatable bonds is 3. The maximum atomic E-state index is 9.49. The molecule has 2 rings (SSSR count). The van der Waals surface area contributed by atoms with Crippen LogP contribution >= 0.6 is 15.9 Å². The minimum Gasteiger partial charge on any atom is -0.394 e. The summed E-state index contributed by atoms with van der Waals surface area (Å²) in [6.45, 7) is 4.00. The van der Waals surface area contributed by atoms with E-state index in [0.717, 1.165) is 36.3 Å². The summed E-state index contributed by atoms with van der Waals surface area (Å²) in [6.07, 6.45) is 1.78. The van der Waals surface area contributed by atoms with Gasteiger partial charge >= 0.3 is 0 Å². The number of pyridine rings is 1. The lowest BCUT2D eigenvalue weighted by molar-refractivity contribution is 0.108. The van der Waals surface area contributed by atoms with Crippen LogP contribution in [0.15, 0.2) is 22.8 Å². The highest BCUT2D eigenvalue weighted by Crippen LogP contribution is 2.20. The number of nitrogens with zero attached hydrogens (tertiary/aromatic N) is 2. The molecule has 88 valence electrons. The van der Waals surface area contributed by atoms with Crippen LogP contribution in [-0.4, -0.2) is 47.8 Å². The molecule has 2 heterocycles. The van der Waals surface area contributed by atoms with Gasteiger partial charge in [0.2, 0.25) is 0 Å². The highest BCUT2D eigenvalue weighted by atomic mass is 79.9. The summed E-state index contributed by atoms with van der Waals surface area (Å²) in [6, 6.07) is 3.95. The summed E-state index contributed by atoms with van der Waals surface area (Å²) < 4.78 is 0.966. The Balaban J connectivity index is 2.11. The van der Waals surface area contributed by atoms with Gasteiger partial charge in [0.15, 0.2) is 0 Å². The Hall–Kier alpha value is -0.490. The fraction of sp³-hybridized carbons (Fsp3) is 0.545. The summed E-state index contributed by atoms with van der Waals surface area (Å²) in [5.41, 5.74) is 0.938. The maximum Gasteiger partial charge on any atom is 0.0755 e. The Kier molecular flexibility index (Phi) is 4.29. The third-order valence-corrected chi connectivity index (χ3v) is 3.33. The summed E-state index contributed by atoms with van der Waals surface area (Å²) in [5.74, 6) is 0. The zero-order valence-corrected chi connectivity index (χ0v) is 10.7. The molecule has 1 aromatic rings. The van der Waals surface area contributed by atoms with E-state index in [4.69, 9.17) is 0 Å².